The molecule has 3 amide bonds. The number of ether oxygens (including phenoxy) is 1. The normalized spacial score (nSPS) is 10.5. The minimum atomic E-state index is -0.931. The summed E-state index contributed by atoms with van der Waals surface area (Å²) in [4.78, 5) is 23.3. The molecule has 26 heavy (non-hydrogen) atoms. The molecule has 2 aromatic rings. The SMILES string of the molecule is NCCNC(=O)Nc1snc(OCc2c(F)cc(Cl)cc2F)c1C(N)=O. The van der Waals surface area contributed by atoms with E-state index in [0.29, 0.717) is 0 Å². The second kappa shape index (κ2) is 8.74. The zero-order valence-electron chi connectivity index (χ0n) is 13.1. The number of anilines is 1. The van der Waals surface area contributed by atoms with Crippen molar-refractivity contribution in [2.45, 2.75) is 6.61 Å². The number of primary amides is 1. The smallest absolute Gasteiger partial charge is 0.319 e. The molecule has 0 fully saturated rings. The Hall–Kier alpha value is -2.50. The fourth-order valence-corrected chi connectivity index (χ4v) is 2.79. The van der Waals surface area contributed by atoms with Gasteiger partial charge < -0.3 is 21.5 Å². The largest absolute Gasteiger partial charge is 0.471 e. The van der Waals surface area contributed by atoms with Gasteiger partial charge in [0.25, 0.3) is 5.91 Å². The lowest BCUT2D eigenvalue weighted by Gasteiger charge is -2.08. The molecule has 0 radical (unpaired) electrons. The third-order valence-electron chi connectivity index (χ3n) is 3.02. The minimum absolute atomic E-state index is 0.0269. The van der Waals surface area contributed by atoms with E-state index in [1.807, 2.05) is 0 Å². The van der Waals surface area contributed by atoms with Crippen LogP contribution in [0.5, 0.6) is 5.88 Å². The molecule has 12 heteroatoms. The van der Waals surface area contributed by atoms with Gasteiger partial charge in [-0.1, -0.05) is 11.6 Å². The molecular weight excluding hydrogens is 392 g/mol. The van der Waals surface area contributed by atoms with Crippen LogP contribution in [0.4, 0.5) is 18.6 Å². The van der Waals surface area contributed by atoms with Gasteiger partial charge in [0, 0.05) is 18.1 Å². The molecule has 8 nitrogen and oxygen atoms in total. The van der Waals surface area contributed by atoms with Crippen molar-refractivity contribution in [2.75, 3.05) is 18.4 Å². The third-order valence-corrected chi connectivity index (χ3v) is 3.99. The molecule has 0 atom stereocenters. The number of nitrogens with zero attached hydrogens (tertiary/aromatic N) is 1. The van der Waals surface area contributed by atoms with Gasteiger partial charge >= 0.3 is 6.03 Å². The standard InChI is InChI=1S/C14H14ClF2N5O3S/c15-6-3-8(16)7(9(17)4-6)5-25-12-10(11(19)23)13(26-22-12)21-14(24)20-2-1-18/h3-4H,1-2,5,18H2,(H2,19,23)(H2,20,21,24). The molecule has 0 unspecified atom stereocenters. The predicted molar refractivity (Wildman–Crippen MR) is 92.4 cm³/mol. The van der Waals surface area contributed by atoms with Crippen LogP contribution in [0.3, 0.4) is 0 Å². The van der Waals surface area contributed by atoms with E-state index in [-0.39, 0.29) is 34.6 Å². The van der Waals surface area contributed by atoms with Gasteiger partial charge in [0.15, 0.2) is 0 Å². The Balaban J connectivity index is 2.18. The summed E-state index contributed by atoms with van der Waals surface area (Å²) in [6.07, 6.45) is 0. The number of aromatic nitrogens is 1. The number of hydrogen-bond acceptors (Lipinski definition) is 6. The van der Waals surface area contributed by atoms with E-state index in [9.17, 15) is 18.4 Å². The van der Waals surface area contributed by atoms with Crippen LogP contribution in [0.15, 0.2) is 12.1 Å². The number of benzene rings is 1. The minimum Gasteiger partial charge on any atom is -0.471 e. The van der Waals surface area contributed by atoms with Gasteiger partial charge in [0.1, 0.15) is 28.8 Å². The van der Waals surface area contributed by atoms with Crippen molar-refractivity contribution in [3.8, 4) is 5.88 Å². The van der Waals surface area contributed by atoms with Crippen molar-refractivity contribution in [1.82, 2.24) is 9.69 Å². The van der Waals surface area contributed by atoms with Crippen molar-refractivity contribution >= 4 is 40.1 Å². The number of urea groups is 1. The summed E-state index contributed by atoms with van der Waals surface area (Å²) in [7, 11) is 0. The van der Waals surface area contributed by atoms with E-state index in [1.54, 1.807) is 0 Å². The summed E-state index contributed by atoms with van der Waals surface area (Å²) >= 11 is 6.27. The second-order valence-corrected chi connectivity index (χ2v) is 6.07. The van der Waals surface area contributed by atoms with E-state index in [1.165, 1.54) is 0 Å². The molecule has 1 aromatic heterocycles. The lowest BCUT2D eigenvalue weighted by molar-refractivity contribution is 0.0996. The maximum absolute atomic E-state index is 13.8. The van der Waals surface area contributed by atoms with Gasteiger partial charge in [-0.25, -0.2) is 13.6 Å². The fraction of sp³-hybridized carbons (Fsp3) is 0.214. The molecule has 0 saturated heterocycles. The molecule has 6 N–H and O–H groups in total. The highest BCUT2D eigenvalue weighted by molar-refractivity contribution is 7.11. The Morgan fingerprint density at radius 1 is 1.31 bits per heavy atom. The molecular formula is C14H14ClF2N5O3S. The predicted octanol–water partition coefficient (Wildman–Crippen LogP) is 1.83. The summed E-state index contributed by atoms with van der Waals surface area (Å²) in [6, 6.07) is 1.23. The van der Waals surface area contributed by atoms with Crippen molar-refractivity contribution < 1.29 is 23.1 Å². The van der Waals surface area contributed by atoms with Gasteiger partial charge in [-0.2, -0.15) is 4.37 Å². The topological polar surface area (TPSA) is 132 Å². The molecule has 0 aliphatic rings. The Morgan fingerprint density at radius 2 is 1.96 bits per heavy atom. The average Bonchev–Trinajstić information content (AvgIpc) is 2.94. The summed E-state index contributed by atoms with van der Waals surface area (Å²) in [6.45, 7) is -0.113. The van der Waals surface area contributed by atoms with Gasteiger partial charge in [0.2, 0.25) is 5.88 Å². The molecule has 2 rings (SSSR count). The van der Waals surface area contributed by atoms with Crippen LogP contribution in [-0.4, -0.2) is 29.4 Å². The van der Waals surface area contributed by atoms with Gasteiger partial charge in [-0.15, -0.1) is 0 Å². The van der Waals surface area contributed by atoms with Crippen LogP contribution in [0.2, 0.25) is 5.02 Å². The van der Waals surface area contributed by atoms with Crippen molar-refractivity contribution in [1.29, 1.82) is 0 Å². The van der Waals surface area contributed by atoms with Gasteiger partial charge in [-0.05, 0) is 23.7 Å². The van der Waals surface area contributed by atoms with Crippen LogP contribution in [-0.2, 0) is 6.61 Å². The maximum Gasteiger partial charge on any atom is 0.319 e. The lowest BCUT2D eigenvalue weighted by atomic mass is 10.2. The average molecular weight is 406 g/mol. The zero-order chi connectivity index (χ0) is 19.3. The maximum atomic E-state index is 13.8. The first-order chi connectivity index (χ1) is 12.3. The number of nitrogens with one attached hydrogen (secondary N) is 2. The molecule has 0 spiro atoms. The Morgan fingerprint density at radius 3 is 2.54 bits per heavy atom. The first kappa shape index (κ1) is 19.8. The fourth-order valence-electron chi connectivity index (χ4n) is 1.86. The Bertz CT molecular complexity index is 810. The highest BCUT2D eigenvalue weighted by Crippen LogP contribution is 2.31. The molecule has 1 aromatic carbocycles. The lowest BCUT2D eigenvalue weighted by Crippen LogP contribution is -2.33. The summed E-state index contributed by atoms with van der Waals surface area (Å²) in [5.41, 5.74) is 9.93. The molecule has 140 valence electrons. The van der Waals surface area contributed by atoms with Crippen LogP contribution >= 0.6 is 23.1 Å². The summed E-state index contributed by atoms with van der Waals surface area (Å²) < 4.78 is 36.6. The van der Waals surface area contributed by atoms with Crippen molar-refractivity contribution in [2.24, 2.45) is 11.5 Å². The number of rotatable bonds is 7. The molecule has 0 aliphatic heterocycles. The van der Waals surface area contributed by atoms with Crippen molar-refractivity contribution in [3.63, 3.8) is 0 Å². The Labute approximate surface area is 155 Å². The number of halogens is 3. The van der Waals surface area contributed by atoms with Crippen LogP contribution in [0.1, 0.15) is 15.9 Å². The van der Waals surface area contributed by atoms with Crippen LogP contribution < -0.4 is 26.8 Å². The van der Waals surface area contributed by atoms with E-state index in [4.69, 9.17) is 27.8 Å². The monoisotopic (exact) mass is 405 g/mol. The second-order valence-electron chi connectivity index (χ2n) is 4.86. The zero-order valence-corrected chi connectivity index (χ0v) is 14.7. The first-order valence-electron chi connectivity index (χ1n) is 7.14. The molecule has 0 saturated carbocycles. The van der Waals surface area contributed by atoms with Gasteiger partial charge in [-0.3, -0.25) is 10.1 Å². The number of amides is 3. The molecule has 0 bridgehead atoms. The molecule has 1 heterocycles. The number of nitrogens with two attached hydrogens (primary N) is 2. The van der Waals surface area contributed by atoms with E-state index in [0.717, 1.165) is 23.7 Å². The number of carbonyl (C=O) groups excluding carboxylic acids is 2. The Kier molecular flexibility index (Phi) is 6.66. The summed E-state index contributed by atoms with van der Waals surface area (Å²) in [5, 5.41) is 4.73. The van der Waals surface area contributed by atoms with E-state index < -0.39 is 35.7 Å². The quantitative estimate of drug-likeness (QED) is 0.558. The van der Waals surface area contributed by atoms with Gasteiger partial charge in [0.05, 0.1) is 5.56 Å². The summed E-state index contributed by atoms with van der Waals surface area (Å²) in [5.74, 6) is -3.01. The number of hydrogen-bond donors (Lipinski definition) is 4. The third kappa shape index (κ3) is 4.77. The van der Waals surface area contributed by atoms with Crippen LogP contribution in [0.25, 0.3) is 0 Å². The highest BCUT2D eigenvalue weighted by atomic mass is 35.5. The first-order valence-corrected chi connectivity index (χ1v) is 8.29. The van der Waals surface area contributed by atoms with Crippen LogP contribution in [0, 0.1) is 11.6 Å². The molecule has 0 aliphatic carbocycles. The van der Waals surface area contributed by atoms with E-state index in [2.05, 4.69) is 15.0 Å². The van der Waals surface area contributed by atoms with E-state index >= 15 is 0 Å². The number of carbonyl (C=O) groups is 2. The van der Waals surface area contributed by atoms with Crippen molar-refractivity contribution in [3.05, 3.63) is 39.9 Å². The highest BCUT2D eigenvalue weighted by Gasteiger charge is 2.23.